The highest BCUT2D eigenvalue weighted by Gasteiger charge is 2.26. The van der Waals surface area contributed by atoms with Crippen LogP contribution in [0.5, 0.6) is 0 Å². The van der Waals surface area contributed by atoms with E-state index in [9.17, 15) is 0 Å². The molecule has 1 aromatic rings. The van der Waals surface area contributed by atoms with Crippen LogP contribution in [0, 0.1) is 0 Å². The van der Waals surface area contributed by atoms with Gasteiger partial charge in [0, 0.05) is 38.5 Å². The fourth-order valence-electron chi connectivity index (χ4n) is 2.72. The molecule has 2 rings (SSSR count). The molecule has 1 aromatic heterocycles. The fourth-order valence-corrected chi connectivity index (χ4v) is 2.72. The lowest BCUT2D eigenvalue weighted by Gasteiger charge is -2.37. The van der Waals surface area contributed by atoms with Gasteiger partial charge in [0.1, 0.15) is 0 Å². The molecule has 0 spiro atoms. The Bertz CT molecular complexity index is 404. The highest BCUT2D eigenvalue weighted by atomic mass is 16.5. The number of nitrogens with two attached hydrogens (primary N) is 1. The minimum Gasteiger partial charge on any atom is -0.383 e. The number of rotatable bonds is 5. The van der Waals surface area contributed by atoms with E-state index in [-0.39, 0.29) is 0 Å². The fraction of sp³-hybridized carbons (Fsp3) is 0.786. The van der Waals surface area contributed by atoms with Crippen LogP contribution < -0.4 is 10.6 Å². The molecule has 0 aliphatic carbocycles. The Morgan fingerprint density at radius 3 is 2.95 bits per heavy atom. The van der Waals surface area contributed by atoms with E-state index in [0.717, 1.165) is 44.0 Å². The van der Waals surface area contributed by atoms with Gasteiger partial charge in [-0.3, -0.25) is 0 Å². The van der Waals surface area contributed by atoms with Gasteiger partial charge < -0.3 is 19.9 Å². The summed E-state index contributed by atoms with van der Waals surface area (Å²) in [4.78, 5) is 7.16. The summed E-state index contributed by atoms with van der Waals surface area (Å²) in [5, 5.41) is 0. The Kier molecular flexibility index (Phi) is 4.82. The van der Waals surface area contributed by atoms with Crippen molar-refractivity contribution in [2.24, 2.45) is 5.73 Å². The average molecular weight is 266 g/mol. The predicted molar refractivity (Wildman–Crippen MR) is 77.5 cm³/mol. The molecule has 1 saturated heterocycles. The summed E-state index contributed by atoms with van der Waals surface area (Å²) < 4.78 is 7.41. The van der Waals surface area contributed by atoms with Crippen LogP contribution in [-0.4, -0.2) is 41.9 Å². The summed E-state index contributed by atoms with van der Waals surface area (Å²) in [5.74, 6) is 1.08. The molecule has 2 N–H and O–H groups in total. The topological polar surface area (TPSA) is 56.3 Å². The highest BCUT2D eigenvalue weighted by Crippen LogP contribution is 2.24. The van der Waals surface area contributed by atoms with Crippen molar-refractivity contribution in [1.29, 1.82) is 0 Å². The van der Waals surface area contributed by atoms with Gasteiger partial charge in [0.2, 0.25) is 5.95 Å². The van der Waals surface area contributed by atoms with Crippen molar-refractivity contribution in [2.75, 3.05) is 25.2 Å². The number of nitrogens with zero attached hydrogens (tertiary/aromatic N) is 3. The smallest absolute Gasteiger partial charge is 0.206 e. The number of hydrogen-bond acceptors (Lipinski definition) is 4. The third kappa shape index (κ3) is 3.28. The molecular formula is C14H26N4O. The SMILES string of the molecule is CCc1cn(CCOC)c(N2CCC(N)CC2C)n1. The third-order valence-electron chi connectivity index (χ3n) is 3.88. The second-order valence-electron chi connectivity index (χ2n) is 5.40. The molecule has 5 nitrogen and oxygen atoms in total. The summed E-state index contributed by atoms with van der Waals surface area (Å²) in [5.41, 5.74) is 7.19. The van der Waals surface area contributed by atoms with Crippen molar-refractivity contribution in [1.82, 2.24) is 9.55 Å². The normalized spacial score (nSPS) is 23.9. The van der Waals surface area contributed by atoms with Gasteiger partial charge in [-0.25, -0.2) is 4.98 Å². The number of aryl methyl sites for hydroxylation is 1. The predicted octanol–water partition coefficient (Wildman–Crippen LogP) is 1.41. The first kappa shape index (κ1) is 14.3. The van der Waals surface area contributed by atoms with Crippen molar-refractivity contribution in [3.63, 3.8) is 0 Å². The molecule has 1 aliphatic rings. The van der Waals surface area contributed by atoms with E-state index < -0.39 is 0 Å². The van der Waals surface area contributed by atoms with E-state index in [1.165, 1.54) is 0 Å². The summed E-state index contributed by atoms with van der Waals surface area (Å²) in [7, 11) is 1.74. The van der Waals surface area contributed by atoms with Gasteiger partial charge in [-0.2, -0.15) is 0 Å². The molecule has 1 aliphatic heterocycles. The summed E-state index contributed by atoms with van der Waals surface area (Å²) in [6, 6.07) is 0.788. The number of aromatic nitrogens is 2. The largest absolute Gasteiger partial charge is 0.383 e. The van der Waals surface area contributed by atoms with Crippen molar-refractivity contribution in [3.05, 3.63) is 11.9 Å². The van der Waals surface area contributed by atoms with E-state index >= 15 is 0 Å². The van der Waals surface area contributed by atoms with Gasteiger partial charge in [0.25, 0.3) is 0 Å². The number of imidazole rings is 1. The lowest BCUT2D eigenvalue weighted by molar-refractivity contribution is 0.187. The molecule has 1 fully saturated rings. The minimum absolute atomic E-state index is 0.333. The van der Waals surface area contributed by atoms with Crippen LogP contribution in [0.15, 0.2) is 6.20 Å². The van der Waals surface area contributed by atoms with E-state index in [4.69, 9.17) is 15.5 Å². The van der Waals surface area contributed by atoms with Gasteiger partial charge in [0.05, 0.1) is 12.3 Å². The highest BCUT2D eigenvalue weighted by molar-refractivity contribution is 5.36. The maximum absolute atomic E-state index is 6.04. The van der Waals surface area contributed by atoms with Crippen LogP contribution in [0.4, 0.5) is 5.95 Å². The minimum atomic E-state index is 0.333. The first-order valence-electron chi connectivity index (χ1n) is 7.22. The van der Waals surface area contributed by atoms with Gasteiger partial charge in [-0.05, 0) is 26.2 Å². The Morgan fingerprint density at radius 2 is 2.32 bits per heavy atom. The van der Waals surface area contributed by atoms with Gasteiger partial charge in [-0.1, -0.05) is 6.92 Å². The van der Waals surface area contributed by atoms with Crippen LogP contribution >= 0.6 is 0 Å². The van der Waals surface area contributed by atoms with E-state index in [1.807, 2.05) is 0 Å². The number of hydrogen-bond donors (Lipinski definition) is 1. The molecular weight excluding hydrogens is 240 g/mol. The molecule has 2 atom stereocenters. The third-order valence-corrected chi connectivity index (χ3v) is 3.88. The van der Waals surface area contributed by atoms with E-state index in [2.05, 4.69) is 29.5 Å². The lowest BCUT2D eigenvalue weighted by Crippen LogP contribution is -2.46. The molecule has 0 amide bonds. The molecule has 0 aromatic carbocycles. The summed E-state index contributed by atoms with van der Waals surface area (Å²) in [6.45, 7) is 6.94. The molecule has 0 radical (unpaired) electrons. The monoisotopic (exact) mass is 266 g/mol. The maximum Gasteiger partial charge on any atom is 0.206 e. The summed E-state index contributed by atoms with van der Waals surface area (Å²) >= 11 is 0. The molecule has 0 bridgehead atoms. The van der Waals surface area contributed by atoms with Gasteiger partial charge in [-0.15, -0.1) is 0 Å². The van der Waals surface area contributed by atoms with E-state index in [0.29, 0.717) is 18.7 Å². The first-order valence-corrected chi connectivity index (χ1v) is 7.22. The number of ether oxygens (including phenoxy) is 1. The number of anilines is 1. The first-order chi connectivity index (χ1) is 9.15. The molecule has 2 unspecified atom stereocenters. The Balaban J connectivity index is 2.19. The van der Waals surface area contributed by atoms with Crippen molar-refractivity contribution in [2.45, 2.75) is 51.7 Å². The zero-order valence-corrected chi connectivity index (χ0v) is 12.3. The zero-order valence-electron chi connectivity index (χ0n) is 12.3. The van der Waals surface area contributed by atoms with Crippen molar-refractivity contribution < 1.29 is 4.74 Å². The van der Waals surface area contributed by atoms with Crippen molar-refractivity contribution in [3.8, 4) is 0 Å². The Hall–Kier alpha value is -1.07. The standard InChI is InChI=1S/C14H26N4O/c1-4-13-10-17(7-8-19-3)14(16-13)18-6-5-12(15)9-11(18)2/h10-12H,4-9,15H2,1-3H3. The summed E-state index contributed by atoms with van der Waals surface area (Å²) in [6.07, 6.45) is 5.20. The number of methoxy groups -OCH3 is 1. The second-order valence-corrected chi connectivity index (χ2v) is 5.40. The number of piperidine rings is 1. The van der Waals surface area contributed by atoms with Crippen LogP contribution in [0.2, 0.25) is 0 Å². The average Bonchev–Trinajstić information content (AvgIpc) is 2.79. The van der Waals surface area contributed by atoms with Crippen LogP contribution in [0.1, 0.15) is 32.4 Å². The Morgan fingerprint density at radius 1 is 1.53 bits per heavy atom. The Labute approximate surface area is 115 Å². The maximum atomic E-state index is 6.04. The molecule has 0 saturated carbocycles. The zero-order chi connectivity index (χ0) is 13.8. The van der Waals surface area contributed by atoms with E-state index in [1.54, 1.807) is 7.11 Å². The molecule has 5 heteroatoms. The second kappa shape index (κ2) is 6.39. The molecule has 19 heavy (non-hydrogen) atoms. The van der Waals surface area contributed by atoms with Gasteiger partial charge in [0.15, 0.2) is 0 Å². The quantitative estimate of drug-likeness (QED) is 0.875. The van der Waals surface area contributed by atoms with Gasteiger partial charge >= 0.3 is 0 Å². The molecule has 2 heterocycles. The lowest BCUT2D eigenvalue weighted by atomic mass is 10.00. The van der Waals surface area contributed by atoms with Crippen LogP contribution in [-0.2, 0) is 17.7 Å². The molecule has 108 valence electrons. The van der Waals surface area contributed by atoms with Crippen LogP contribution in [0.25, 0.3) is 0 Å². The van der Waals surface area contributed by atoms with Crippen molar-refractivity contribution >= 4 is 5.95 Å². The van der Waals surface area contributed by atoms with Crippen LogP contribution in [0.3, 0.4) is 0 Å².